The third-order valence-corrected chi connectivity index (χ3v) is 18.5. The summed E-state index contributed by atoms with van der Waals surface area (Å²) in [6.45, 7) is 11.3. The number of nitro benzene ring substituents is 1. The van der Waals surface area contributed by atoms with E-state index in [2.05, 4.69) is 98.9 Å². The molecule has 0 fully saturated rings. The topological polar surface area (TPSA) is 329 Å². The fourth-order valence-corrected chi connectivity index (χ4v) is 12.0. The van der Waals surface area contributed by atoms with E-state index < -0.39 is 10.2 Å². The predicted molar refractivity (Wildman–Crippen MR) is 456 cm³/mol. The Morgan fingerprint density at radius 2 is 0.823 bits per heavy atom. The number of nitrogens with two attached hydrogens (primary N) is 1. The Labute approximate surface area is 674 Å². The van der Waals surface area contributed by atoms with E-state index in [1.807, 2.05) is 181 Å². The number of hydrogen-bond donors (Lipinski definition) is 5. The summed E-state index contributed by atoms with van der Waals surface area (Å²) in [5, 5.41) is 27.9. The number of pyridine rings is 3. The fraction of sp³-hybridized carbons (Fsp3) is 0.269. The molecule has 9 heterocycles. The quantitative estimate of drug-likeness (QED) is 0.01000. The van der Waals surface area contributed by atoms with Gasteiger partial charge in [0, 0.05) is 176 Å². The van der Waals surface area contributed by atoms with Crippen molar-refractivity contribution in [3.8, 4) is 51.0 Å². The third kappa shape index (κ3) is 21.8. The van der Waals surface area contributed by atoms with Crippen molar-refractivity contribution in [3.05, 3.63) is 179 Å². The Morgan fingerprint density at radius 1 is 0.487 bits per heavy atom. The van der Waals surface area contributed by atoms with Crippen molar-refractivity contribution >= 4 is 160 Å². The predicted octanol–water partition coefficient (Wildman–Crippen LogP) is 13.9. The molecule has 35 heteroatoms. The fourth-order valence-electron chi connectivity index (χ4n) is 11.4. The van der Waals surface area contributed by atoms with E-state index in [1.54, 1.807) is 51.1 Å². The molecular weight excluding hydrogens is 1530 g/mol. The molecule has 0 radical (unpaired) electrons. The first-order valence-corrected chi connectivity index (χ1v) is 36.4. The van der Waals surface area contributed by atoms with E-state index in [9.17, 15) is 19.7 Å². The molecule has 6 N–H and O–H groups in total. The summed E-state index contributed by atoms with van der Waals surface area (Å²) in [5.41, 5.74) is 17.8. The van der Waals surface area contributed by atoms with Gasteiger partial charge in [0.15, 0.2) is 0 Å². The molecule has 0 saturated carbocycles. The first kappa shape index (κ1) is 85.0. The number of nitro groups is 1. The van der Waals surface area contributed by atoms with Crippen LogP contribution < -0.4 is 55.9 Å². The number of allylic oxidation sites excluding steroid dienone is 1. The minimum absolute atomic E-state index is 0.0625. The summed E-state index contributed by atoms with van der Waals surface area (Å²) in [6.07, 6.45) is 17.9. The van der Waals surface area contributed by atoms with E-state index in [4.69, 9.17) is 66.3 Å². The monoisotopic (exact) mass is 1610 g/mol. The SMILES string of the molecule is C=CC(=O)Cl.C=CC(=O)Nc1cc(Nc2ncc(Cl)c(-c3cnc4c(ccn4C)c3)n2)c(OC)cc1N(C)CCN(C)C.COc1cc(N(C)CCN(C)C)c(N)cc1Nc1ncc(Cl)c(-c2cnc3c(ccn3C)c2)n1.COc1cc(N(C)CCN(C)C)c([N+](=O)[O-])cc1Nc1ncc(Cl)c(-c2cnc3c(ccn3C)c2)n1. The smallest absolute Gasteiger partial charge is 0.294 e. The number of nitrogens with one attached hydrogen (secondary N) is 4. The van der Waals surface area contributed by atoms with Crippen LogP contribution in [0.25, 0.3) is 66.9 Å². The lowest BCUT2D eigenvalue weighted by molar-refractivity contribution is -0.384. The molecule has 113 heavy (non-hydrogen) atoms. The average molecular weight is 1620 g/mol. The number of nitrogens with zero attached hydrogens (tertiary/aromatic N) is 19. The number of methoxy groups -OCH3 is 3. The number of carbonyl (C=O) groups excluding carboxylic acids is 2. The van der Waals surface area contributed by atoms with Crippen molar-refractivity contribution in [2.24, 2.45) is 21.1 Å². The maximum atomic E-state index is 12.2. The van der Waals surface area contributed by atoms with Crippen LogP contribution in [0.3, 0.4) is 0 Å². The van der Waals surface area contributed by atoms with Crippen LogP contribution in [0.4, 0.5) is 69.0 Å². The van der Waals surface area contributed by atoms with Crippen LogP contribution in [-0.4, -0.2) is 213 Å². The summed E-state index contributed by atoms with van der Waals surface area (Å²) in [7, 11) is 28.3. The normalized spacial score (nSPS) is 11.0. The number of aromatic nitrogens is 12. The molecule has 0 aliphatic heterocycles. The Hall–Kier alpha value is -12.0. The first-order chi connectivity index (χ1) is 53.9. The maximum absolute atomic E-state index is 12.2. The minimum Gasteiger partial charge on any atom is -0.494 e. The number of anilines is 11. The van der Waals surface area contributed by atoms with E-state index in [0.29, 0.717) is 102 Å². The number of amides is 1. The summed E-state index contributed by atoms with van der Waals surface area (Å²) >= 11 is 24.0. The summed E-state index contributed by atoms with van der Waals surface area (Å²) < 4.78 is 22.7. The molecule has 31 nitrogen and oxygen atoms in total. The number of fused-ring (bicyclic) bond motifs is 3. The highest BCUT2D eigenvalue weighted by molar-refractivity contribution is 6.66. The van der Waals surface area contributed by atoms with Gasteiger partial charge in [-0.3, -0.25) is 19.7 Å². The van der Waals surface area contributed by atoms with Crippen LogP contribution in [0.15, 0.2) is 154 Å². The highest BCUT2D eigenvalue weighted by atomic mass is 35.5. The average Bonchev–Trinajstić information content (AvgIpc) is 1.76. The van der Waals surface area contributed by atoms with Crippen molar-refractivity contribution in [2.45, 2.75) is 0 Å². The van der Waals surface area contributed by atoms with Gasteiger partial charge in [-0.15, -0.1) is 0 Å². The molecule has 12 aromatic rings. The van der Waals surface area contributed by atoms with Crippen LogP contribution in [0.1, 0.15) is 0 Å². The zero-order chi connectivity index (χ0) is 82.1. The van der Waals surface area contributed by atoms with Gasteiger partial charge in [-0.25, -0.2) is 44.9 Å². The molecule has 0 bridgehead atoms. The molecule has 12 rings (SSSR count). The molecule has 3 aromatic carbocycles. The second-order valence-electron chi connectivity index (χ2n) is 26.6. The largest absolute Gasteiger partial charge is 0.494 e. The molecule has 0 spiro atoms. The molecular formula is C78H90Cl4N24O7. The van der Waals surface area contributed by atoms with Gasteiger partial charge in [-0.2, -0.15) is 0 Å². The van der Waals surface area contributed by atoms with E-state index >= 15 is 0 Å². The molecule has 592 valence electrons. The molecule has 0 atom stereocenters. The van der Waals surface area contributed by atoms with Gasteiger partial charge in [0.05, 0.1) is 117 Å². The van der Waals surface area contributed by atoms with Crippen molar-refractivity contribution in [3.63, 3.8) is 0 Å². The van der Waals surface area contributed by atoms with E-state index in [1.165, 1.54) is 31.6 Å². The number of hydrogen-bond acceptors (Lipinski definition) is 26. The second-order valence-corrected chi connectivity index (χ2v) is 28.2. The van der Waals surface area contributed by atoms with Crippen molar-refractivity contribution in [1.82, 2.24) is 73.3 Å². The van der Waals surface area contributed by atoms with Gasteiger partial charge in [0.1, 0.15) is 39.9 Å². The third-order valence-electron chi connectivity index (χ3n) is 17.6. The maximum Gasteiger partial charge on any atom is 0.294 e. The Balaban J connectivity index is 0.000000189. The summed E-state index contributed by atoms with van der Waals surface area (Å²) in [5.74, 6) is 2.18. The van der Waals surface area contributed by atoms with Crippen LogP contribution in [0.2, 0.25) is 15.1 Å². The van der Waals surface area contributed by atoms with Gasteiger partial charge < -0.3 is 84.3 Å². The van der Waals surface area contributed by atoms with E-state index in [0.717, 1.165) is 100.0 Å². The van der Waals surface area contributed by atoms with Crippen LogP contribution in [0.5, 0.6) is 17.2 Å². The highest BCUT2D eigenvalue weighted by Crippen LogP contribution is 2.42. The Morgan fingerprint density at radius 3 is 1.17 bits per heavy atom. The lowest BCUT2D eigenvalue weighted by Gasteiger charge is -2.26. The Kier molecular flexibility index (Phi) is 29.2. The highest BCUT2D eigenvalue weighted by Gasteiger charge is 2.25. The van der Waals surface area contributed by atoms with Crippen LogP contribution in [0, 0.1) is 10.1 Å². The van der Waals surface area contributed by atoms with Gasteiger partial charge in [0.25, 0.3) is 5.69 Å². The van der Waals surface area contributed by atoms with Gasteiger partial charge >= 0.3 is 0 Å². The van der Waals surface area contributed by atoms with Crippen LogP contribution >= 0.6 is 46.4 Å². The van der Waals surface area contributed by atoms with Crippen molar-refractivity contribution < 1.29 is 28.7 Å². The number of benzene rings is 3. The molecule has 0 aliphatic carbocycles. The van der Waals surface area contributed by atoms with Gasteiger partial charge in [-0.1, -0.05) is 48.0 Å². The molecule has 0 aliphatic rings. The lowest BCUT2D eigenvalue weighted by atomic mass is 10.1. The molecule has 0 unspecified atom stereocenters. The minimum atomic E-state index is -0.509. The standard InChI is InChI=1S/C27H31ClN8O2.C24H27ClN8O3.C24H29ClN8O.C3H3ClO/c1-7-24(37)31-20-13-21(23(38-6)14-22(20)35(4)11-10-34(2)3)32-27-30-16-19(28)25(33-27)18-12-17-8-9-36(5)26(17)29-15-18;1-30(2)8-9-31(3)19-12-21(36-5)18(11-20(19)33(34)35)28-24-27-14-17(25)22(29-24)16-10-15-6-7-32(4)23(15)26-13-16;1-31(2)8-9-32(3)20-12-21(34-5)19(11-18(20)26)29-24-28-14-17(25)22(30-24)16-10-15-6-7-33(4)23(15)27-13-16;1-2-3(4)5/h7-9,12-16H,1,10-11H2,2-6H3,(H,31,37)(H,30,32,33);6-7,10-14H,8-9H2,1-5H3,(H,27,28,29);6-7,10-14H,8-9,26H2,1-5H3,(H,28,29,30);2H,1H2. The number of ether oxygens (including phenoxy) is 3. The molecule has 9 aromatic heterocycles. The number of halogens is 4. The van der Waals surface area contributed by atoms with Crippen LogP contribution in [-0.2, 0) is 30.7 Å². The molecule has 0 saturated heterocycles. The number of aryl methyl sites for hydroxylation is 3. The lowest BCUT2D eigenvalue weighted by Crippen LogP contribution is -2.29. The Bertz CT molecular complexity index is 5420. The number of likely N-dealkylation sites (N-methyl/N-ethyl adjacent to an activating group) is 6. The molecule has 1 amide bonds. The summed E-state index contributed by atoms with van der Waals surface area (Å²) in [4.78, 5) is 85.8. The zero-order valence-electron chi connectivity index (χ0n) is 65.4. The number of nitrogen functional groups attached to an aromatic ring is 1. The zero-order valence-corrected chi connectivity index (χ0v) is 68.4. The second kappa shape index (κ2) is 38.8. The first-order valence-electron chi connectivity index (χ1n) is 34.9. The van der Waals surface area contributed by atoms with Crippen molar-refractivity contribution in [1.29, 1.82) is 0 Å². The van der Waals surface area contributed by atoms with E-state index in [-0.39, 0.29) is 17.5 Å². The number of carbonyl (C=O) groups is 2. The summed E-state index contributed by atoms with van der Waals surface area (Å²) in [6, 6.07) is 22.4. The van der Waals surface area contributed by atoms with Gasteiger partial charge in [-0.05, 0) is 115 Å². The van der Waals surface area contributed by atoms with Crippen molar-refractivity contribution in [2.75, 3.05) is 166 Å². The number of rotatable bonds is 28. The van der Waals surface area contributed by atoms with Gasteiger partial charge in [0.2, 0.25) is 29.0 Å².